The number of nitrogens with one attached hydrogen (secondary N) is 2. The van der Waals surface area contributed by atoms with Gasteiger partial charge in [0, 0.05) is 58.4 Å². The number of carbonyl (C=O) groups excluding carboxylic acids is 2. The van der Waals surface area contributed by atoms with Gasteiger partial charge in [-0.1, -0.05) is 7.43 Å². The molecule has 0 radical (unpaired) electrons. The van der Waals surface area contributed by atoms with Crippen LogP contribution >= 0.6 is 38.6 Å². The van der Waals surface area contributed by atoms with E-state index in [2.05, 4.69) is 61.6 Å². The van der Waals surface area contributed by atoms with Gasteiger partial charge < -0.3 is 20.3 Å². The Hall–Kier alpha value is -6.02. The van der Waals surface area contributed by atoms with Gasteiger partial charge in [-0.15, -0.1) is 22.7 Å². The van der Waals surface area contributed by atoms with Crippen molar-refractivity contribution in [2.75, 3.05) is 31.2 Å². The van der Waals surface area contributed by atoms with Crippen molar-refractivity contribution in [2.45, 2.75) is 20.5 Å². The summed E-state index contributed by atoms with van der Waals surface area (Å²) in [5.41, 5.74) is 3.59. The Balaban J connectivity index is 0.000000176. The van der Waals surface area contributed by atoms with Crippen molar-refractivity contribution in [3.05, 3.63) is 135 Å². The molecule has 1 saturated heterocycles. The number of hydrogen-bond acceptors (Lipinski definition) is 12. The zero-order chi connectivity index (χ0) is 39.3. The fraction of sp³-hybridized carbons (Fsp3) is 0.179. The van der Waals surface area contributed by atoms with Crippen LogP contribution < -0.4 is 15.5 Å². The number of hydrogen-bond donors (Lipinski definition) is 2. The first-order valence-electron chi connectivity index (χ1n) is 17.4. The fourth-order valence-electron chi connectivity index (χ4n) is 5.99. The average Bonchev–Trinajstić information content (AvgIpc) is 4.07. The molecule has 6 aromatic heterocycles. The summed E-state index contributed by atoms with van der Waals surface area (Å²) in [6.07, 6.45) is 13.0. The number of anilines is 1. The van der Waals surface area contributed by atoms with Gasteiger partial charge in [-0.2, -0.15) is 10.2 Å². The number of benzene rings is 2. The Morgan fingerprint density at radius 1 is 0.672 bits per heavy atom. The van der Waals surface area contributed by atoms with Crippen molar-refractivity contribution >= 4 is 77.4 Å². The molecule has 2 aromatic carbocycles. The summed E-state index contributed by atoms with van der Waals surface area (Å²) >= 11 is 6.32. The van der Waals surface area contributed by atoms with Gasteiger partial charge in [0.25, 0.3) is 11.8 Å². The minimum atomic E-state index is -0.321. The van der Waals surface area contributed by atoms with E-state index >= 15 is 0 Å². The molecule has 0 saturated carbocycles. The Morgan fingerprint density at radius 2 is 1.16 bits per heavy atom. The van der Waals surface area contributed by atoms with Crippen molar-refractivity contribution < 1.29 is 23.1 Å². The summed E-state index contributed by atoms with van der Waals surface area (Å²) in [6, 6.07) is 12.0. The van der Waals surface area contributed by atoms with Crippen molar-refractivity contribution in [1.29, 1.82) is 0 Å². The van der Waals surface area contributed by atoms with Crippen LogP contribution in [0.5, 0.6) is 0 Å². The van der Waals surface area contributed by atoms with Crippen LogP contribution in [0.3, 0.4) is 0 Å². The molecule has 9 rings (SSSR count). The first kappa shape index (κ1) is 40.2. The molecular formula is C39H34BrF2N11O3S2. The number of carbonyl (C=O) groups is 2. The predicted molar refractivity (Wildman–Crippen MR) is 222 cm³/mol. The smallest absolute Gasteiger partial charge is 0.253 e. The van der Waals surface area contributed by atoms with Crippen molar-refractivity contribution in [1.82, 2.24) is 50.1 Å². The van der Waals surface area contributed by atoms with Gasteiger partial charge in [0.15, 0.2) is 9.05 Å². The monoisotopic (exact) mass is 885 g/mol. The summed E-state index contributed by atoms with van der Waals surface area (Å²) in [7, 11) is 0. The van der Waals surface area contributed by atoms with Crippen LogP contribution in [0, 0.1) is 11.6 Å². The summed E-state index contributed by atoms with van der Waals surface area (Å²) in [5, 5.41) is 16.8. The van der Waals surface area contributed by atoms with E-state index < -0.39 is 0 Å². The molecule has 0 atom stereocenters. The molecule has 7 heterocycles. The number of fused-ring (bicyclic) bond motifs is 2. The van der Waals surface area contributed by atoms with Crippen LogP contribution in [-0.4, -0.2) is 77.6 Å². The van der Waals surface area contributed by atoms with E-state index in [1.54, 1.807) is 82.1 Å². The molecule has 0 spiro atoms. The maximum Gasteiger partial charge on any atom is 0.253 e. The van der Waals surface area contributed by atoms with Crippen molar-refractivity contribution in [3.63, 3.8) is 0 Å². The van der Waals surface area contributed by atoms with Gasteiger partial charge in [0.05, 0.1) is 84.6 Å². The molecule has 0 unspecified atom stereocenters. The molecule has 1 aliphatic heterocycles. The maximum atomic E-state index is 13.2. The quantitative estimate of drug-likeness (QED) is 0.153. The first-order chi connectivity index (χ1) is 27.8. The van der Waals surface area contributed by atoms with Gasteiger partial charge in [0.1, 0.15) is 11.6 Å². The van der Waals surface area contributed by atoms with Gasteiger partial charge >= 0.3 is 0 Å². The van der Waals surface area contributed by atoms with Gasteiger partial charge in [-0.25, -0.2) is 28.1 Å². The van der Waals surface area contributed by atoms with Crippen LogP contribution in [0.4, 0.5) is 13.9 Å². The Bertz CT molecular complexity index is 2680. The van der Waals surface area contributed by atoms with Crippen molar-refractivity contribution in [2.24, 2.45) is 0 Å². The zero-order valence-corrected chi connectivity index (χ0v) is 32.9. The number of pyridine rings is 2. The van der Waals surface area contributed by atoms with E-state index in [-0.39, 0.29) is 30.9 Å². The number of thiazole rings is 2. The minimum Gasteiger partial charge on any atom is -0.378 e. The molecule has 19 heteroatoms. The molecule has 0 bridgehead atoms. The van der Waals surface area contributed by atoms with Crippen LogP contribution in [0.2, 0.25) is 0 Å². The molecule has 1 fully saturated rings. The number of amides is 2. The molecule has 58 heavy (non-hydrogen) atoms. The highest BCUT2D eigenvalue weighted by atomic mass is 79.9. The number of halogens is 3. The summed E-state index contributed by atoms with van der Waals surface area (Å²) in [6.45, 7) is 3.81. The third-order valence-electron chi connectivity index (χ3n) is 8.82. The third kappa shape index (κ3) is 8.91. The largest absolute Gasteiger partial charge is 0.378 e. The first-order valence-corrected chi connectivity index (χ1v) is 19.8. The van der Waals surface area contributed by atoms with Gasteiger partial charge in [-0.3, -0.25) is 19.6 Å². The van der Waals surface area contributed by atoms with E-state index in [0.29, 0.717) is 70.6 Å². The lowest BCUT2D eigenvalue weighted by Crippen LogP contribution is -2.36. The standard InChI is InChI=1S/C21H19FN6O2S.C17H11BrFN5OS.CH4/c22-14-1-3-15(4-2-14)28-19-13-23-11-18(17(19)12-26-28)20(29)24-9-16-10-25-21(31-16)27-5-7-30-8-6-27;18-17-22-6-12(26-17)5-21-16(25)14-7-20-9-15-13(14)8-23-24(15)11-3-1-10(19)2-4-11;/h1-4,10-13H,5-9H2,(H,24,29);1-4,6-9H,5H2,(H,21,25);1H4. The Labute approximate surface area is 346 Å². The number of aromatic nitrogens is 8. The van der Waals surface area contributed by atoms with E-state index in [0.717, 1.165) is 31.9 Å². The Morgan fingerprint density at radius 3 is 1.64 bits per heavy atom. The number of ether oxygens (including phenoxy) is 1. The normalized spacial score (nSPS) is 12.5. The van der Waals surface area contributed by atoms with Crippen LogP contribution in [0.1, 0.15) is 37.9 Å². The summed E-state index contributed by atoms with van der Waals surface area (Å²) < 4.78 is 35.8. The third-order valence-corrected chi connectivity index (χ3v) is 11.4. The molecule has 296 valence electrons. The molecule has 0 aliphatic carbocycles. The van der Waals surface area contributed by atoms with Crippen LogP contribution in [-0.2, 0) is 17.8 Å². The second kappa shape index (κ2) is 18.1. The summed E-state index contributed by atoms with van der Waals surface area (Å²) in [4.78, 5) is 46.4. The second-order valence-electron chi connectivity index (χ2n) is 12.5. The lowest BCUT2D eigenvalue weighted by molar-refractivity contribution is 0.0944. The molecular weight excluding hydrogens is 853 g/mol. The second-order valence-corrected chi connectivity index (χ2v) is 15.9. The van der Waals surface area contributed by atoms with Gasteiger partial charge in [-0.05, 0) is 64.5 Å². The van der Waals surface area contributed by atoms with E-state index in [9.17, 15) is 18.4 Å². The highest BCUT2D eigenvalue weighted by Gasteiger charge is 2.18. The molecule has 14 nitrogen and oxygen atoms in total. The SMILES string of the molecule is C.O=C(NCc1cnc(Br)s1)c1cncc2c1cnn2-c1ccc(F)cc1.O=C(NCc1cnc(N2CCOCC2)s1)c1cncc2c1cnn2-c1ccc(F)cc1. The van der Waals surface area contributed by atoms with Crippen LogP contribution in [0.25, 0.3) is 33.2 Å². The number of morpholine rings is 1. The highest BCUT2D eigenvalue weighted by molar-refractivity contribution is 9.11. The molecule has 2 N–H and O–H groups in total. The molecule has 8 aromatic rings. The van der Waals surface area contributed by atoms with E-state index in [4.69, 9.17) is 4.74 Å². The molecule has 2 amide bonds. The van der Waals surface area contributed by atoms with Crippen molar-refractivity contribution in [3.8, 4) is 11.4 Å². The predicted octanol–water partition coefficient (Wildman–Crippen LogP) is 7.13. The van der Waals surface area contributed by atoms with Crippen LogP contribution in [0.15, 0.2) is 102 Å². The Kier molecular flexibility index (Phi) is 12.5. The van der Waals surface area contributed by atoms with E-state index in [1.807, 2.05) is 0 Å². The lowest BCUT2D eigenvalue weighted by Gasteiger charge is -2.25. The summed E-state index contributed by atoms with van der Waals surface area (Å²) in [5.74, 6) is -1.12. The average molecular weight is 887 g/mol. The zero-order valence-electron chi connectivity index (χ0n) is 29.7. The topological polar surface area (TPSA) is 158 Å². The van der Waals surface area contributed by atoms with E-state index in [1.165, 1.54) is 48.0 Å². The number of rotatable bonds is 9. The highest BCUT2D eigenvalue weighted by Crippen LogP contribution is 2.25. The molecule has 1 aliphatic rings. The van der Waals surface area contributed by atoms with Gasteiger partial charge in [0.2, 0.25) is 0 Å². The fourth-order valence-corrected chi connectivity index (χ4v) is 8.19. The lowest BCUT2D eigenvalue weighted by atomic mass is 10.2. The minimum absolute atomic E-state index is 0. The maximum absolute atomic E-state index is 13.2. The number of nitrogens with zero attached hydrogens (tertiary/aromatic N) is 9.